The Morgan fingerprint density at radius 1 is 0.556 bits per heavy atom. The van der Waals surface area contributed by atoms with Crippen LogP contribution in [0, 0.1) is 0 Å². The van der Waals surface area contributed by atoms with E-state index >= 15 is 0 Å². The summed E-state index contributed by atoms with van der Waals surface area (Å²) in [6, 6.07) is 0. The molecule has 0 rings (SSSR count). The Morgan fingerprint density at radius 3 is 1.19 bits per heavy atom. The third kappa shape index (κ3) is 27.1. The predicted octanol–water partition coefficient (Wildman–Crippen LogP) is 4.84. The van der Waals surface area contributed by atoms with E-state index in [9.17, 15) is 9.59 Å². The molecule has 0 aromatic rings. The Bertz CT molecular complexity index is 337. The normalized spacial score (nSPS) is 9.63. The third-order valence-electron chi connectivity index (χ3n) is 4.31. The number of unbranched alkanes of at least 4 members (excludes halogenated alkanes) is 12. The van der Waals surface area contributed by atoms with Crippen LogP contribution in [0.2, 0.25) is 0 Å². The Hall–Kier alpha value is 1.14. The first-order chi connectivity index (χ1) is 12.2. The summed E-state index contributed by atoms with van der Waals surface area (Å²) in [5.74, 6) is -0.720. The fourth-order valence-corrected chi connectivity index (χ4v) is 2.76. The molecule has 27 heavy (non-hydrogen) atoms. The second kappa shape index (κ2) is 27.1. The fourth-order valence-electron chi connectivity index (χ4n) is 2.76. The van der Waals surface area contributed by atoms with Gasteiger partial charge >= 0.3 is 87.4 Å². The van der Waals surface area contributed by atoms with Crippen molar-refractivity contribution in [3.05, 3.63) is 25.3 Å². The number of rotatable bonds is 18. The number of ether oxygens (including phenoxy) is 1. The van der Waals surface area contributed by atoms with Crippen LogP contribution in [0.25, 0.3) is 0 Å². The zero-order valence-electron chi connectivity index (χ0n) is 16.1. The molecule has 0 heterocycles. The van der Waals surface area contributed by atoms with Gasteiger partial charge in [0.1, 0.15) is 0 Å². The van der Waals surface area contributed by atoms with Crippen molar-refractivity contribution >= 4 is 87.4 Å². The van der Waals surface area contributed by atoms with Crippen molar-refractivity contribution in [2.75, 3.05) is 0 Å². The average Bonchev–Trinajstić information content (AvgIpc) is 2.59. The van der Waals surface area contributed by atoms with E-state index in [1.807, 2.05) is 12.2 Å². The van der Waals surface area contributed by atoms with Crippen LogP contribution in [0.1, 0.15) is 103 Å². The molecule has 0 aromatic heterocycles. The summed E-state index contributed by atoms with van der Waals surface area (Å²) in [6.07, 6.45) is 20.1. The van der Waals surface area contributed by atoms with Gasteiger partial charge in [-0.15, -0.1) is 13.2 Å². The van der Waals surface area contributed by atoms with Crippen LogP contribution in [0.4, 0.5) is 0 Å². The first kappa shape index (κ1) is 32.8. The molecule has 0 aliphatic rings. The number of carbonyl (C=O) groups is 2. The van der Waals surface area contributed by atoms with Crippen LogP contribution < -0.4 is 0 Å². The van der Waals surface area contributed by atoms with E-state index in [1.165, 1.54) is 38.5 Å². The van der Waals surface area contributed by atoms with E-state index in [0.717, 1.165) is 51.4 Å². The Labute approximate surface area is 227 Å². The van der Waals surface area contributed by atoms with Gasteiger partial charge in [0.2, 0.25) is 0 Å². The van der Waals surface area contributed by atoms with Crippen LogP contribution in [-0.4, -0.2) is 87.4 Å². The molecule has 0 saturated heterocycles. The zero-order valence-corrected chi connectivity index (χ0v) is 16.1. The molecule has 0 radical (unpaired) electrons. The first-order valence-corrected chi connectivity index (χ1v) is 10.2. The Morgan fingerprint density at radius 2 is 0.852 bits per heavy atom. The van der Waals surface area contributed by atoms with E-state index in [2.05, 4.69) is 13.2 Å². The maximum atomic E-state index is 11.6. The van der Waals surface area contributed by atoms with Crippen molar-refractivity contribution in [2.45, 2.75) is 103 Å². The summed E-state index contributed by atoms with van der Waals surface area (Å²) in [4.78, 5) is 23.2. The van der Waals surface area contributed by atoms with Crippen molar-refractivity contribution in [3.63, 3.8) is 0 Å². The van der Waals surface area contributed by atoms with Crippen molar-refractivity contribution in [2.24, 2.45) is 0 Å². The molecular formula is C22H42Ca2O3. The number of allylic oxidation sites excluding steroid dienone is 2. The molecule has 5 heteroatoms. The molecule has 0 amide bonds. The zero-order chi connectivity index (χ0) is 18.6. The molecule has 0 N–H and O–H groups in total. The van der Waals surface area contributed by atoms with Gasteiger partial charge in [-0.3, -0.25) is 9.59 Å². The second-order valence-electron chi connectivity index (χ2n) is 6.74. The number of esters is 2. The van der Waals surface area contributed by atoms with Crippen LogP contribution in [0.5, 0.6) is 0 Å². The van der Waals surface area contributed by atoms with Gasteiger partial charge in [0.15, 0.2) is 0 Å². The maximum absolute atomic E-state index is 11.6. The fraction of sp³-hybridized carbons (Fsp3) is 0.727. The van der Waals surface area contributed by atoms with Crippen molar-refractivity contribution in [1.82, 2.24) is 0 Å². The molecule has 3 nitrogen and oxygen atoms in total. The van der Waals surface area contributed by atoms with Crippen molar-refractivity contribution in [1.29, 1.82) is 0 Å². The average molecular weight is 435 g/mol. The molecule has 0 atom stereocenters. The van der Waals surface area contributed by atoms with E-state index in [0.29, 0.717) is 12.8 Å². The van der Waals surface area contributed by atoms with Gasteiger partial charge in [-0.1, -0.05) is 63.5 Å². The molecule has 0 fully saturated rings. The Kier molecular flexibility index (Phi) is 33.0. The van der Waals surface area contributed by atoms with E-state index < -0.39 is 0 Å². The summed E-state index contributed by atoms with van der Waals surface area (Å²) in [6.45, 7) is 7.42. The topological polar surface area (TPSA) is 43.4 Å². The summed E-state index contributed by atoms with van der Waals surface area (Å²) >= 11 is 0. The molecule has 152 valence electrons. The molecule has 0 bridgehead atoms. The quantitative estimate of drug-likeness (QED) is 0.102. The van der Waals surface area contributed by atoms with Gasteiger partial charge in [0.25, 0.3) is 0 Å². The minimum atomic E-state index is -0.360. The number of hydrogen-bond donors (Lipinski definition) is 0. The molecule has 0 aromatic carbocycles. The predicted molar refractivity (Wildman–Crippen MR) is 122 cm³/mol. The van der Waals surface area contributed by atoms with E-state index in [4.69, 9.17) is 4.74 Å². The molecule has 0 aliphatic carbocycles. The van der Waals surface area contributed by atoms with Gasteiger partial charge < -0.3 is 4.74 Å². The molecule has 0 aliphatic heterocycles. The van der Waals surface area contributed by atoms with Gasteiger partial charge in [0, 0.05) is 12.8 Å². The summed E-state index contributed by atoms with van der Waals surface area (Å²) in [7, 11) is 0. The second-order valence-corrected chi connectivity index (χ2v) is 6.74. The summed E-state index contributed by atoms with van der Waals surface area (Å²) < 4.78 is 4.87. The molecule has 0 saturated carbocycles. The van der Waals surface area contributed by atoms with Crippen LogP contribution in [-0.2, 0) is 14.3 Å². The van der Waals surface area contributed by atoms with Gasteiger partial charge in [-0.2, -0.15) is 0 Å². The molecule has 0 spiro atoms. The molecule has 0 unspecified atom stereocenters. The SMILES string of the molecule is C=CCCCCCCCCC(=O)OC(=O)CCCCCCCCC=C.[CaH2].[CaH2]. The van der Waals surface area contributed by atoms with Crippen LogP contribution in [0.3, 0.4) is 0 Å². The summed E-state index contributed by atoms with van der Waals surface area (Å²) in [5, 5.41) is 0. The third-order valence-corrected chi connectivity index (χ3v) is 4.31. The van der Waals surface area contributed by atoms with Crippen molar-refractivity contribution in [3.8, 4) is 0 Å². The van der Waals surface area contributed by atoms with Gasteiger partial charge in [0.05, 0.1) is 0 Å². The standard InChI is InChI=1S/C22H38O3.2Ca.4H/c1-3-5-7-9-11-13-15-17-19-21(23)25-22(24)20-18-16-14-12-10-8-6-4-2;;;;;;/h3-4H,1-2,5-20H2;;;;;;. The first-order valence-electron chi connectivity index (χ1n) is 10.2. The monoisotopic (exact) mass is 434 g/mol. The number of carbonyl (C=O) groups excluding carboxylic acids is 2. The van der Waals surface area contributed by atoms with Gasteiger partial charge in [-0.25, -0.2) is 0 Å². The number of hydrogen-bond acceptors (Lipinski definition) is 3. The molecular weight excluding hydrogens is 392 g/mol. The van der Waals surface area contributed by atoms with Gasteiger partial charge in [-0.05, 0) is 38.5 Å². The van der Waals surface area contributed by atoms with Crippen molar-refractivity contribution < 1.29 is 14.3 Å². The summed E-state index contributed by atoms with van der Waals surface area (Å²) in [5.41, 5.74) is 0. The van der Waals surface area contributed by atoms with E-state index in [1.54, 1.807) is 0 Å². The Balaban J connectivity index is -0.00000288. The minimum absolute atomic E-state index is 0. The van der Waals surface area contributed by atoms with Crippen LogP contribution in [0.15, 0.2) is 25.3 Å². The van der Waals surface area contributed by atoms with Crippen LogP contribution >= 0.6 is 0 Å². The van der Waals surface area contributed by atoms with E-state index in [-0.39, 0.29) is 87.4 Å².